The number of anilines is 4. The summed E-state index contributed by atoms with van der Waals surface area (Å²) >= 11 is 6.51. The molecule has 2 aromatic carbocycles. The van der Waals surface area contributed by atoms with Crippen LogP contribution in [-0.4, -0.2) is 70.9 Å². The van der Waals surface area contributed by atoms with Gasteiger partial charge in [0.1, 0.15) is 0 Å². The van der Waals surface area contributed by atoms with Crippen LogP contribution in [0.5, 0.6) is 0 Å². The van der Waals surface area contributed by atoms with Crippen LogP contribution in [0.1, 0.15) is 92.8 Å². The second kappa shape index (κ2) is 22.0. The number of halogens is 1. The summed E-state index contributed by atoms with van der Waals surface area (Å²) in [4.78, 5) is 42.7. The van der Waals surface area contributed by atoms with Crippen molar-refractivity contribution >= 4 is 46.7 Å². The first kappa shape index (κ1) is 50.2. The van der Waals surface area contributed by atoms with E-state index in [0.29, 0.717) is 51.4 Å². The van der Waals surface area contributed by atoms with Crippen molar-refractivity contribution in [3.05, 3.63) is 143 Å². The molecule has 0 bridgehead atoms. The zero-order valence-corrected chi connectivity index (χ0v) is 41.1. The molecule has 19 nitrogen and oxygen atoms in total. The minimum absolute atomic E-state index is 0.188. The van der Waals surface area contributed by atoms with Crippen LogP contribution >= 0.6 is 11.6 Å². The predicted molar refractivity (Wildman–Crippen MR) is 266 cm³/mol. The summed E-state index contributed by atoms with van der Waals surface area (Å²) in [5.41, 5.74) is 7.14. The lowest BCUT2D eigenvalue weighted by Gasteiger charge is -2.18. The fourth-order valence-corrected chi connectivity index (χ4v) is 6.65. The molecule has 20 heteroatoms. The monoisotopic (exact) mass is 949 g/mol. The molecule has 2 amide bonds. The van der Waals surface area contributed by atoms with E-state index in [1.54, 1.807) is 80.4 Å². The first-order chi connectivity index (χ1) is 32.9. The number of nitriles is 1. The highest BCUT2D eigenvalue weighted by molar-refractivity contribution is 6.31. The Morgan fingerprint density at radius 2 is 1.07 bits per heavy atom. The topological polar surface area (TPSA) is 229 Å². The van der Waals surface area contributed by atoms with Gasteiger partial charge in [0.05, 0.1) is 81.4 Å². The van der Waals surface area contributed by atoms with E-state index in [2.05, 4.69) is 67.7 Å². The maximum absolute atomic E-state index is 12.6. The largest absolute Gasteiger partial charge is 0.348 e. The predicted octanol–water partition coefficient (Wildman–Crippen LogP) is 8.56. The van der Waals surface area contributed by atoms with Gasteiger partial charge >= 0.3 is 0 Å². The molecule has 0 saturated heterocycles. The first-order valence-corrected chi connectivity index (χ1v) is 22.5. The Kier molecular flexibility index (Phi) is 16.0. The number of aryl methyl sites for hydroxylation is 2. The quantitative estimate of drug-likeness (QED) is 0.0901. The highest BCUT2D eigenvalue weighted by atomic mass is 35.5. The number of nitrogens with one attached hydrogen (secondary N) is 4. The van der Waals surface area contributed by atoms with Gasteiger partial charge in [-0.2, -0.15) is 25.7 Å². The normalized spacial score (nSPS) is 11.0. The molecular weight excluding hydrogens is 894 g/mol. The summed E-state index contributed by atoms with van der Waals surface area (Å²) in [6, 6.07) is 16.9. The van der Waals surface area contributed by atoms with Crippen molar-refractivity contribution in [3.8, 4) is 28.6 Å². The number of hydrogen-bond acceptors (Lipinski definition) is 13. The molecule has 6 heterocycles. The molecule has 0 radical (unpaired) electrons. The highest BCUT2D eigenvalue weighted by Crippen LogP contribution is 2.27. The van der Waals surface area contributed by atoms with Crippen LogP contribution in [0.2, 0.25) is 5.02 Å². The molecule has 0 saturated carbocycles. The molecule has 8 aromatic rings. The van der Waals surface area contributed by atoms with Gasteiger partial charge in [0, 0.05) is 80.5 Å². The Hall–Kier alpha value is -8.24. The Labute approximate surface area is 406 Å². The fraction of sp³-hybridized carbons (Fsp3) is 0.286. The third-order valence-electron chi connectivity index (χ3n) is 10.1. The minimum Gasteiger partial charge on any atom is -0.348 e. The van der Waals surface area contributed by atoms with Gasteiger partial charge < -0.3 is 21.3 Å². The van der Waals surface area contributed by atoms with Crippen molar-refractivity contribution in [1.29, 1.82) is 5.26 Å². The third kappa shape index (κ3) is 13.4. The number of hydrogen-bond donors (Lipinski definition) is 4. The molecule has 0 atom stereocenters. The first-order valence-electron chi connectivity index (χ1n) is 22.1. The number of aromatic nitrogens is 12. The van der Waals surface area contributed by atoms with Crippen molar-refractivity contribution in [1.82, 2.24) is 69.7 Å². The number of rotatable bonds is 12. The fourth-order valence-electron chi connectivity index (χ4n) is 6.40. The van der Waals surface area contributed by atoms with E-state index in [1.165, 1.54) is 0 Å². The van der Waals surface area contributed by atoms with Crippen molar-refractivity contribution in [2.45, 2.75) is 79.6 Å². The van der Waals surface area contributed by atoms with Gasteiger partial charge in [0.15, 0.2) is 0 Å². The zero-order chi connectivity index (χ0) is 49.9. The van der Waals surface area contributed by atoms with E-state index < -0.39 is 0 Å². The smallest absolute Gasteiger partial charge is 0.254 e. The SMILES string of the molecule is CC.Cn1cc(Nc2nccc(-c3ccc(CNC(=O)c4cnn(C(C)(C)C)c4)c(C#N)c3)n2)cn1.Cn1cc(Nc2nccc(-c3ccc(CNC(=O)c4cnn(C(C)(C)C)c4)c(Cl)c3)n2)cn1. The molecule has 0 aliphatic carbocycles. The van der Waals surface area contributed by atoms with Gasteiger partial charge in [-0.1, -0.05) is 49.7 Å². The lowest BCUT2D eigenvalue weighted by Crippen LogP contribution is -2.24. The average molecular weight is 951 g/mol. The summed E-state index contributed by atoms with van der Waals surface area (Å²) in [6.07, 6.45) is 16.9. The third-order valence-corrected chi connectivity index (χ3v) is 10.4. The number of carbonyl (C=O) groups excluding carboxylic acids is 2. The Morgan fingerprint density at radius 1 is 0.623 bits per heavy atom. The lowest BCUT2D eigenvalue weighted by molar-refractivity contribution is 0.0942. The molecule has 0 spiro atoms. The minimum atomic E-state index is -0.245. The van der Waals surface area contributed by atoms with Gasteiger partial charge in [0.2, 0.25) is 11.9 Å². The van der Waals surface area contributed by atoms with Gasteiger partial charge in [-0.3, -0.25) is 28.3 Å². The van der Waals surface area contributed by atoms with Crippen LogP contribution in [0, 0.1) is 11.3 Å². The summed E-state index contributed by atoms with van der Waals surface area (Å²) in [5.74, 6) is 0.442. The van der Waals surface area contributed by atoms with Crippen LogP contribution in [0.3, 0.4) is 0 Å². The van der Waals surface area contributed by atoms with Crippen LogP contribution in [0.4, 0.5) is 23.3 Å². The standard InChI is InChI=1S/C24H25N9O.C23H25ClN8O.C2H6/c1-24(2,3)33-14-19(12-29-33)22(34)27-11-17-6-5-16(9-18(17)10-25)21-7-8-26-23(31-21)30-20-13-28-32(4)15-20;1-23(2,3)32-13-17(11-28-32)21(33)26-10-16-6-5-15(9-19(16)24)20-7-8-25-22(30-20)29-18-12-27-31(4)14-18;1-2/h5-9,12-15H,11H2,1-4H3,(H,27,34)(H,26,30,31);5-9,11-14H,10H2,1-4H3,(H,26,33)(H,25,29,30);1-2H3. The van der Waals surface area contributed by atoms with Gasteiger partial charge in [0.25, 0.3) is 11.8 Å². The molecule has 0 aliphatic heterocycles. The molecule has 0 aliphatic rings. The Bertz CT molecular complexity index is 3070. The molecule has 0 unspecified atom stereocenters. The van der Waals surface area contributed by atoms with Crippen LogP contribution in [-0.2, 0) is 38.3 Å². The molecular formula is C49H56ClN17O2. The molecule has 0 fully saturated rings. The van der Waals surface area contributed by atoms with E-state index in [-0.39, 0.29) is 29.4 Å². The van der Waals surface area contributed by atoms with E-state index in [4.69, 9.17) is 11.6 Å². The summed E-state index contributed by atoms with van der Waals surface area (Å²) < 4.78 is 6.89. The maximum Gasteiger partial charge on any atom is 0.254 e. The second-order valence-electron chi connectivity index (χ2n) is 17.4. The second-order valence-corrected chi connectivity index (χ2v) is 17.8. The highest BCUT2D eigenvalue weighted by Gasteiger charge is 2.19. The number of amides is 2. The summed E-state index contributed by atoms with van der Waals surface area (Å²) in [6.45, 7) is 16.6. The van der Waals surface area contributed by atoms with E-state index in [9.17, 15) is 14.9 Å². The summed E-state index contributed by atoms with van der Waals surface area (Å²) in [5, 5.41) is 39.0. The van der Waals surface area contributed by atoms with E-state index in [1.807, 2.05) is 118 Å². The molecule has 4 N–H and O–H groups in total. The van der Waals surface area contributed by atoms with Crippen molar-refractivity contribution < 1.29 is 9.59 Å². The lowest BCUT2D eigenvalue weighted by atomic mass is 10.0. The number of carbonyl (C=O) groups is 2. The van der Waals surface area contributed by atoms with E-state index in [0.717, 1.165) is 33.8 Å². The van der Waals surface area contributed by atoms with Crippen molar-refractivity contribution in [2.75, 3.05) is 10.6 Å². The zero-order valence-electron chi connectivity index (χ0n) is 40.3. The molecule has 6 aromatic heterocycles. The van der Waals surface area contributed by atoms with Gasteiger partial charge in [-0.15, -0.1) is 0 Å². The van der Waals surface area contributed by atoms with Crippen LogP contribution < -0.4 is 21.3 Å². The maximum atomic E-state index is 12.6. The van der Waals surface area contributed by atoms with Gasteiger partial charge in [-0.05, 0) is 76.9 Å². The Morgan fingerprint density at radius 3 is 1.48 bits per heavy atom. The average Bonchev–Trinajstić information content (AvgIpc) is 4.18. The van der Waals surface area contributed by atoms with Gasteiger partial charge in [-0.25, -0.2) is 19.9 Å². The molecule has 356 valence electrons. The van der Waals surface area contributed by atoms with Crippen molar-refractivity contribution in [3.63, 3.8) is 0 Å². The molecule has 69 heavy (non-hydrogen) atoms. The Balaban J connectivity index is 0.000000219. The van der Waals surface area contributed by atoms with E-state index >= 15 is 0 Å². The summed E-state index contributed by atoms with van der Waals surface area (Å²) in [7, 11) is 3.67. The van der Waals surface area contributed by atoms with Crippen LogP contribution in [0.25, 0.3) is 22.5 Å². The number of benzene rings is 2. The van der Waals surface area contributed by atoms with Crippen molar-refractivity contribution in [2.24, 2.45) is 14.1 Å². The number of nitrogens with zero attached hydrogens (tertiary/aromatic N) is 13. The van der Waals surface area contributed by atoms with Crippen LogP contribution in [0.15, 0.2) is 110 Å². The molecule has 8 rings (SSSR count).